The molecule has 208 valence electrons. The molecule has 39 heavy (non-hydrogen) atoms. The first kappa shape index (κ1) is 27.8. The molecule has 0 radical (unpaired) electrons. The number of hydrogen-bond acceptors (Lipinski definition) is 6. The molecule has 0 spiro atoms. The lowest BCUT2D eigenvalue weighted by molar-refractivity contribution is 0.0343. The third-order valence-corrected chi connectivity index (χ3v) is 8.32. The standard InChI is InChI=1S/C32H43BN2O4/c1-20-9-10-26(33-37-18-32(7,8)19-38-33)27(17-20)34-23(4)24-15-21(2)16-25-28(36)22(3)30(39-29(24)25)35-13-11-31(5,6)12-14-35/h9-10,15-17,23,34H,11-14,18-19H2,1-8H3. The van der Waals surface area contributed by atoms with E-state index >= 15 is 0 Å². The number of aryl methyl sites for hydroxylation is 2. The maximum absolute atomic E-state index is 13.6. The zero-order valence-electron chi connectivity index (χ0n) is 24.9. The largest absolute Gasteiger partial charge is 0.496 e. The Bertz CT molecular complexity index is 1420. The topological polar surface area (TPSA) is 63.9 Å². The summed E-state index contributed by atoms with van der Waals surface area (Å²) in [6.45, 7) is 20.1. The van der Waals surface area contributed by atoms with E-state index in [0.29, 0.717) is 41.0 Å². The Labute approximate surface area is 233 Å². The van der Waals surface area contributed by atoms with Crippen LogP contribution in [0.2, 0.25) is 0 Å². The predicted molar refractivity (Wildman–Crippen MR) is 161 cm³/mol. The highest BCUT2D eigenvalue weighted by atomic mass is 16.6. The summed E-state index contributed by atoms with van der Waals surface area (Å²) in [6, 6.07) is 10.3. The number of anilines is 2. The molecule has 1 aromatic heterocycles. The van der Waals surface area contributed by atoms with Crippen LogP contribution in [-0.2, 0) is 9.31 Å². The Hall–Kier alpha value is -2.77. The van der Waals surface area contributed by atoms with E-state index in [1.54, 1.807) is 0 Å². The molecule has 3 aromatic rings. The fraction of sp³-hybridized carbons (Fsp3) is 0.531. The average molecular weight is 531 g/mol. The van der Waals surface area contributed by atoms with Crippen LogP contribution >= 0.6 is 0 Å². The van der Waals surface area contributed by atoms with Crippen LogP contribution in [0.4, 0.5) is 11.6 Å². The molecular weight excluding hydrogens is 487 g/mol. The van der Waals surface area contributed by atoms with Gasteiger partial charge in [0.15, 0.2) is 5.43 Å². The molecule has 1 N–H and O–H groups in total. The molecule has 1 unspecified atom stereocenters. The minimum Gasteiger partial charge on any atom is -0.440 e. The van der Waals surface area contributed by atoms with E-state index in [1.165, 1.54) is 0 Å². The highest BCUT2D eigenvalue weighted by Crippen LogP contribution is 2.36. The van der Waals surface area contributed by atoms with Crippen LogP contribution < -0.4 is 21.1 Å². The second kappa shape index (κ2) is 10.3. The molecule has 0 aliphatic carbocycles. The Kier molecular flexibility index (Phi) is 7.36. The summed E-state index contributed by atoms with van der Waals surface area (Å²) in [5.74, 6) is 0.711. The summed E-state index contributed by atoms with van der Waals surface area (Å²) in [6.07, 6.45) is 2.15. The van der Waals surface area contributed by atoms with Gasteiger partial charge in [0.2, 0.25) is 5.88 Å². The number of piperidine rings is 1. The number of nitrogens with one attached hydrogen (secondary N) is 1. The third kappa shape index (κ3) is 5.76. The normalized spacial score (nSPS) is 19.8. The summed E-state index contributed by atoms with van der Waals surface area (Å²) in [5, 5.41) is 4.35. The number of hydrogen-bond donors (Lipinski definition) is 1. The summed E-state index contributed by atoms with van der Waals surface area (Å²) in [4.78, 5) is 15.9. The van der Waals surface area contributed by atoms with Crippen LogP contribution in [0, 0.1) is 31.6 Å². The van der Waals surface area contributed by atoms with Gasteiger partial charge in [0.05, 0.1) is 17.0 Å². The molecule has 1 atom stereocenters. The second-order valence-electron chi connectivity index (χ2n) is 13.3. The first-order valence-corrected chi connectivity index (χ1v) is 14.3. The smallest absolute Gasteiger partial charge is 0.440 e. The van der Waals surface area contributed by atoms with E-state index in [1.807, 2.05) is 19.9 Å². The Balaban J connectivity index is 1.52. The average Bonchev–Trinajstić information content (AvgIpc) is 2.87. The fourth-order valence-electron chi connectivity index (χ4n) is 5.68. The number of fused-ring (bicyclic) bond motifs is 1. The number of rotatable bonds is 5. The van der Waals surface area contributed by atoms with Gasteiger partial charge in [0, 0.05) is 48.4 Å². The Morgan fingerprint density at radius 2 is 1.59 bits per heavy atom. The molecule has 7 heteroatoms. The predicted octanol–water partition coefficient (Wildman–Crippen LogP) is 6.29. The van der Waals surface area contributed by atoms with Crippen LogP contribution in [0.25, 0.3) is 11.0 Å². The highest BCUT2D eigenvalue weighted by molar-refractivity contribution is 6.63. The molecule has 2 aliphatic heterocycles. The molecule has 3 heterocycles. The van der Waals surface area contributed by atoms with Gasteiger partial charge >= 0.3 is 7.12 Å². The zero-order chi connectivity index (χ0) is 28.1. The SMILES string of the molecule is Cc1ccc(B2OCC(C)(C)CO2)c(NC(C)c2cc(C)cc3c(=O)c(C)c(N4CCC(C)(C)CC4)oc23)c1. The summed E-state index contributed by atoms with van der Waals surface area (Å²) < 4.78 is 18.9. The fourth-order valence-corrected chi connectivity index (χ4v) is 5.68. The van der Waals surface area contributed by atoms with Crippen LogP contribution in [0.1, 0.15) is 75.8 Å². The van der Waals surface area contributed by atoms with Crippen molar-refractivity contribution in [3.63, 3.8) is 0 Å². The van der Waals surface area contributed by atoms with E-state index in [0.717, 1.165) is 53.8 Å². The molecule has 0 saturated carbocycles. The second-order valence-corrected chi connectivity index (χ2v) is 13.3. The maximum Gasteiger partial charge on any atom is 0.496 e. The van der Waals surface area contributed by atoms with Crippen molar-refractivity contribution in [3.8, 4) is 0 Å². The van der Waals surface area contributed by atoms with E-state index in [9.17, 15) is 4.79 Å². The van der Waals surface area contributed by atoms with Crippen molar-refractivity contribution in [2.24, 2.45) is 10.8 Å². The van der Waals surface area contributed by atoms with Crippen molar-refractivity contribution in [1.29, 1.82) is 0 Å². The molecule has 2 aliphatic rings. The van der Waals surface area contributed by atoms with Gasteiger partial charge < -0.3 is 23.9 Å². The lowest BCUT2D eigenvalue weighted by Gasteiger charge is -2.37. The highest BCUT2D eigenvalue weighted by Gasteiger charge is 2.35. The van der Waals surface area contributed by atoms with Gasteiger partial charge in [-0.3, -0.25) is 4.79 Å². The Morgan fingerprint density at radius 3 is 2.26 bits per heavy atom. The molecule has 6 nitrogen and oxygen atoms in total. The van der Waals surface area contributed by atoms with Crippen molar-refractivity contribution in [2.75, 3.05) is 36.5 Å². The minimum atomic E-state index is -0.418. The molecule has 0 amide bonds. The van der Waals surface area contributed by atoms with Gasteiger partial charge in [-0.25, -0.2) is 0 Å². The molecule has 2 saturated heterocycles. The van der Waals surface area contributed by atoms with Crippen LogP contribution in [0.15, 0.2) is 39.5 Å². The molecule has 2 aromatic carbocycles. The third-order valence-electron chi connectivity index (χ3n) is 8.32. The Morgan fingerprint density at radius 1 is 0.923 bits per heavy atom. The van der Waals surface area contributed by atoms with Crippen molar-refractivity contribution in [3.05, 3.63) is 62.8 Å². The quantitative estimate of drug-likeness (QED) is 0.392. The van der Waals surface area contributed by atoms with Crippen molar-refractivity contribution >= 4 is 35.1 Å². The van der Waals surface area contributed by atoms with E-state index in [2.05, 4.69) is 76.0 Å². The van der Waals surface area contributed by atoms with Gasteiger partial charge in [-0.15, -0.1) is 0 Å². The first-order valence-electron chi connectivity index (χ1n) is 14.3. The molecule has 5 rings (SSSR count). The lowest BCUT2D eigenvalue weighted by Crippen LogP contribution is -2.48. The van der Waals surface area contributed by atoms with Crippen molar-refractivity contribution in [1.82, 2.24) is 0 Å². The summed E-state index contributed by atoms with van der Waals surface area (Å²) in [7, 11) is -0.418. The van der Waals surface area contributed by atoms with Gasteiger partial charge in [0.1, 0.15) is 5.58 Å². The lowest BCUT2D eigenvalue weighted by atomic mass is 9.74. The van der Waals surface area contributed by atoms with Crippen LogP contribution in [-0.4, -0.2) is 33.4 Å². The summed E-state index contributed by atoms with van der Waals surface area (Å²) in [5.41, 5.74) is 6.83. The maximum atomic E-state index is 13.6. The number of benzene rings is 2. The molecular formula is C32H43BN2O4. The molecule has 0 bridgehead atoms. The minimum absolute atomic E-state index is 0.0000505. The zero-order valence-corrected chi connectivity index (χ0v) is 24.9. The first-order chi connectivity index (χ1) is 18.3. The number of nitrogens with zero attached hydrogens (tertiary/aromatic N) is 1. The van der Waals surface area contributed by atoms with E-state index < -0.39 is 7.12 Å². The monoisotopic (exact) mass is 530 g/mol. The van der Waals surface area contributed by atoms with Crippen molar-refractivity contribution in [2.45, 2.75) is 74.3 Å². The molecule has 2 fully saturated rings. The van der Waals surface area contributed by atoms with Gasteiger partial charge in [-0.2, -0.15) is 0 Å². The van der Waals surface area contributed by atoms with Crippen molar-refractivity contribution < 1.29 is 13.7 Å². The van der Waals surface area contributed by atoms with Gasteiger partial charge in [-0.1, -0.05) is 45.9 Å². The van der Waals surface area contributed by atoms with Gasteiger partial charge in [0.25, 0.3) is 0 Å². The van der Waals surface area contributed by atoms with E-state index in [-0.39, 0.29) is 16.9 Å². The van der Waals surface area contributed by atoms with Crippen LogP contribution in [0.3, 0.4) is 0 Å². The van der Waals surface area contributed by atoms with Gasteiger partial charge in [-0.05, 0) is 69.2 Å². The summed E-state index contributed by atoms with van der Waals surface area (Å²) >= 11 is 0. The van der Waals surface area contributed by atoms with E-state index in [4.69, 9.17) is 13.7 Å². The van der Waals surface area contributed by atoms with Crippen LogP contribution in [0.5, 0.6) is 0 Å².